The van der Waals surface area contributed by atoms with E-state index in [1.54, 1.807) is 18.5 Å². The monoisotopic (exact) mass is 339 g/mol. The number of nitrogens with two attached hydrogens (primary N) is 1. The molecule has 0 spiro atoms. The number of nitrogen functional groups attached to an aromatic ring is 1. The topological polar surface area (TPSA) is 104 Å². The Kier molecular flexibility index (Phi) is 4.04. The second-order valence-corrected chi connectivity index (χ2v) is 6.30. The van der Waals surface area contributed by atoms with Crippen molar-refractivity contribution in [1.82, 2.24) is 34.5 Å². The van der Waals surface area contributed by atoms with Crippen LogP contribution in [0.25, 0.3) is 0 Å². The molecule has 1 aliphatic rings. The summed E-state index contributed by atoms with van der Waals surface area (Å²) in [6.45, 7) is 2.36. The Hall–Kier alpha value is -2.97. The van der Waals surface area contributed by atoms with Crippen molar-refractivity contribution in [2.24, 2.45) is 7.05 Å². The van der Waals surface area contributed by atoms with Gasteiger partial charge in [-0.3, -0.25) is 4.68 Å². The normalized spacial score (nSPS) is 17.8. The first-order chi connectivity index (χ1) is 12.2. The Bertz CT molecular complexity index is 839. The van der Waals surface area contributed by atoms with Gasteiger partial charge in [0.1, 0.15) is 18.2 Å². The van der Waals surface area contributed by atoms with Gasteiger partial charge in [0.25, 0.3) is 0 Å². The lowest BCUT2D eigenvalue weighted by Gasteiger charge is -2.32. The fraction of sp³-hybridized carbons (Fsp3) is 0.438. The van der Waals surface area contributed by atoms with Crippen molar-refractivity contribution in [1.29, 1.82) is 0 Å². The molecule has 3 aromatic heterocycles. The number of anilines is 2. The smallest absolute Gasteiger partial charge is 0.227 e. The highest BCUT2D eigenvalue weighted by atomic mass is 15.3. The quantitative estimate of drug-likeness (QED) is 0.750. The van der Waals surface area contributed by atoms with Gasteiger partial charge in [-0.25, -0.2) is 4.98 Å². The largest absolute Gasteiger partial charge is 0.384 e. The van der Waals surface area contributed by atoms with Crippen LogP contribution in [0.5, 0.6) is 0 Å². The van der Waals surface area contributed by atoms with Crippen LogP contribution in [0.3, 0.4) is 0 Å². The number of aromatic nitrogens is 7. The molecule has 0 amide bonds. The first-order valence-corrected chi connectivity index (χ1v) is 8.40. The predicted octanol–water partition coefficient (Wildman–Crippen LogP) is 0.816. The molecule has 3 aromatic rings. The fourth-order valence-electron chi connectivity index (χ4n) is 3.29. The molecule has 1 atom stereocenters. The summed E-state index contributed by atoms with van der Waals surface area (Å²) in [7, 11) is 2.02. The summed E-state index contributed by atoms with van der Waals surface area (Å²) < 4.78 is 3.93. The van der Waals surface area contributed by atoms with Gasteiger partial charge in [0.05, 0.1) is 0 Å². The number of hydrogen-bond acceptors (Lipinski definition) is 7. The first kappa shape index (κ1) is 15.6. The zero-order chi connectivity index (χ0) is 17.2. The van der Waals surface area contributed by atoms with Gasteiger partial charge in [-0.15, -0.1) is 10.2 Å². The van der Waals surface area contributed by atoms with Crippen LogP contribution < -0.4 is 10.6 Å². The van der Waals surface area contributed by atoms with Gasteiger partial charge in [-0.1, -0.05) is 0 Å². The van der Waals surface area contributed by atoms with Crippen LogP contribution in [0.15, 0.2) is 30.7 Å². The van der Waals surface area contributed by atoms with Crippen molar-refractivity contribution in [3.8, 4) is 0 Å². The van der Waals surface area contributed by atoms with Crippen molar-refractivity contribution in [3.63, 3.8) is 0 Å². The Labute approximate surface area is 145 Å². The van der Waals surface area contributed by atoms with Gasteiger partial charge in [-0.05, 0) is 25.0 Å². The van der Waals surface area contributed by atoms with Crippen LogP contribution >= 0.6 is 0 Å². The summed E-state index contributed by atoms with van der Waals surface area (Å²) in [5, 5.41) is 13.0. The molecule has 9 nitrogen and oxygen atoms in total. The maximum absolute atomic E-state index is 5.79. The van der Waals surface area contributed by atoms with Crippen molar-refractivity contribution < 1.29 is 0 Å². The lowest BCUT2D eigenvalue weighted by atomic mass is 9.97. The van der Waals surface area contributed by atoms with Crippen LogP contribution in [0.4, 0.5) is 11.8 Å². The molecule has 0 aliphatic carbocycles. The molecular weight excluding hydrogens is 318 g/mol. The highest BCUT2D eigenvalue weighted by Gasteiger charge is 2.27. The molecule has 2 N–H and O–H groups in total. The van der Waals surface area contributed by atoms with E-state index in [9.17, 15) is 0 Å². The van der Waals surface area contributed by atoms with E-state index in [0.29, 0.717) is 24.2 Å². The second-order valence-electron chi connectivity index (χ2n) is 6.30. The van der Waals surface area contributed by atoms with Gasteiger partial charge in [0.2, 0.25) is 5.95 Å². The minimum atomic E-state index is 0.294. The van der Waals surface area contributed by atoms with E-state index in [1.165, 1.54) is 0 Å². The van der Waals surface area contributed by atoms with Crippen molar-refractivity contribution >= 4 is 11.8 Å². The molecule has 0 radical (unpaired) electrons. The Morgan fingerprint density at radius 1 is 1.28 bits per heavy atom. The van der Waals surface area contributed by atoms with Crippen LogP contribution in [0.2, 0.25) is 0 Å². The van der Waals surface area contributed by atoms with E-state index in [-0.39, 0.29) is 0 Å². The zero-order valence-corrected chi connectivity index (χ0v) is 14.2. The van der Waals surface area contributed by atoms with Gasteiger partial charge in [0.15, 0.2) is 5.82 Å². The molecule has 0 saturated carbocycles. The highest BCUT2D eigenvalue weighted by molar-refractivity contribution is 5.38. The number of nitrogens with zero attached hydrogens (tertiary/aromatic N) is 8. The molecular formula is C16H21N9. The molecule has 0 aromatic carbocycles. The molecule has 1 fully saturated rings. The fourth-order valence-corrected chi connectivity index (χ4v) is 3.29. The summed E-state index contributed by atoms with van der Waals surface area (Å²) in [6, 6.07) is 3.61. The first-order valence-electron chi connectivity index (χ1n) is 8.40. The summed E-state index contributed by atoms with van der Waals surface area (Å²) >= 11 is 0. The lowest BCUT2D eigenvalue weighted by molar-refractivity contribution is 0.472. The van der Waals surface area contributed by atoms with Crippen molar-refractivity contribution in [2.75, 3.05) is 23.7 Å². The van der Waals surface area contributed by atoms with E-state index < -0.39 is 0 Å². The predicted molar refractivity (Wildman–Crippen MR) is 93.0 cm³/mol. The molecule has 0 unspecified atom stereocenters. The van der Waals surface area contributed by atoms with E-state index >= 15 is 0 Å². The molecule has 9 heteroatoms. The van der Waals surface area contributed by atoms with Crippen LogP contribution in [-0.2, 0) is 13.6 Å². The summed E-state index contributed by atoms with van der Waals surface area (Å²) in [6.07, 6.45) is 7.53. The van der Waals surface area contributed by atoms with E-state index in [1.807, 2.05) is 24.0 Å². The Morgan fingerprint density at radius 2 is 2.20 bits per heavy atom. The molecule has 4 heterocycles. The molecule has 4 rings (SSSR count). The summed E-state index contributed by atoms with van der Waals surface area (Å²) in [4.78, 5) is 10.9. The standard InChI is InChI=1S/C16H21N9/c1-23-14(11-25-9-3-6-19-25)21-22-15(23)12-4-2-8-24(10-12)16-18-7-5-13(17)20-16/h3,5-7,9,12H,2,4,8,10-11H2,1H3,(H2,17,18,20)/t12-/m1/s1. The second kappa shape index (κ2) is 6.50. The molecule has 1 saturated heterocycles. The van der Waals surface area contributed by atoms with Gasteiger partial charge in [0, 0.05) is 44.6 Å². The van der Waals surface area contributed by atoms with E-state index in [4.69, 9.17) is 5.73 Å². The van der Waals surface area contributed by atoms with Crippen LogP contribution in [0.1, 0.15) is 30.4 Å². The third-order valence-corrected chi connectivity index (χ3v) is 4.60. The van der Waals surface area contributed by atoms with Gasteiger partial charge < -0.3 is 15.2 Å². The average Bonchev–Trinajstić information content (AvgIpc) is 3.26. The molecule has 25 heavy (non-hydrogen) atoms. The van der Waals surface area contributed by atoms with Crippen molar-refractivity contribution in [2.45, 2.75) is 25.3 Å². The third kappa shape index (κ3) is 3.17. The Morgan fingerprint density at radius 3 is 3.00 bits per heavy atom. The lowest BCUT2D eigenvalue weighted by Crippen LogP contribution is -2.36. The van der Waals surface area contributed by atoms with Gasteiger partial charge in [-0.2, -0.15) is 10.1 Å². The van der Waals surface area contributed by atoms with Gasteiger partial charge >= 0.3 is 0 Å². The zero-order valence-electron chi connectivity index (χ0n) is 14.2. The average molecular weight is 339 g/mol. The molecule has 130 valence electrons. The minimum absolute atomic E-state index is 0.294. The van der Waals surface area contributed by atoms with E-state index in [2.05, 4.69) is 34.7 Å². The van der Waals surface area contributed by atoms with Crippen LogP contribution in [-0.4, -0.2) is 47.6 Å². The summed E-state index contributed by atoms with van der Waals surface area (Å²) in [5.41, 5.74) is 5.79. The van der Waals surface area contributed by atoms with Crippen molar-refractivity contribution in [3.05, 3.63) is 42.4 Å². The number of rotatable bonds is 4. The third-order valence-electron chi connectivity index (χ3n) is 4.60. The summed E-state index contributed by atoms with van der Waals surface area (Å²) in [5.74, 6) is 3.37. The maximum Gasteiger partial charge on any atom is 0.227 e. The molecule has 1 aliphatic heterocycles. The van der Waals surface area contributed by atoms with Crippen LogP contribution in [0, 0.1) is 0 Å². The SMILES string of the molecule is Cn1c(Cn2cccn2)nnc1[C@@H]1CCCN(c2nccc(N)n2)C1. The number of hydrogen-bond donors (Lipinski definition) is 1. The Balaban J connectivity index is 1.52. The van der Waals surface area contributed by atoms with E-state index in [0.717, 1.165) is 37.6 Å². The highest BCUT2D eigenvalue weighted by Crippen LogP contribution is 2.27. The minimum Gasteiger partial charge on any atom is -0.384 e. The maximum atomic E-state index is 5.79. The molecule has 0 bridgehead atoms. The number of piperidine rings is 1.